The van der Waals surface area contributed by atoms with Gasteiger partial charge in [0, 0.05) is 18.8 Å². The molecule has 2 aromatic carbocycles. The van der Waals surface area contributed by atoms with Crippen LogP contribution in [0.3, 0.4) is 0 Å². The summed E-state index contributed by atoms with van der Waals surface area (Å²) in [5.74, 6) is -5.70. The summed E-state index contributed by atoms with van der Waals surface area (Å²) in [5.41, 5.74) is 1.23. The van der Waals surface area contributed by atoms with E-state index in [0.29, 0.717) is 22.3 Å². The van der Waals surface area contributed by atoms with Crippen LogP contribution in [-0.4, -0.2) is 33.5 Å². The third-order valence-corrected chi connectivity index (χ3v) is 6.77. The van der Waals surface area contributed by atoms with Crippen molar-refractivity contribution in [3.63, 3.8) is 0 Å². The van der Waals surface area contributed by atoms with E-state index >= 15 is 4.39 Å². The number of carboxylic acid groups (broad SMARTS) is 1. The Bertz CT molecular complexity index is 1620. The van der Waals surface area contributed by atoms with E-state index in [0.717, 1.165) is 6.07 Å². The maximum absolute atomic E-state index is 15.2. The third-order valence-electron chi connectivity index (χ3n) is 6.77. The SMILES string of the molecule is Cc1cc(C#N)cc(C)c1-c1cc(F)c(F)c([C@H](CC(=O)O)NC(=O)[C@H](CC(C)C)NC(=O)c2cccn(C)c2=O)c1. The van der Waals surface area contributed by atoms with E-state index in [1.807, 2.05) is 6.07 Å². The minimum atomic E-state index is -1.50. The number of nitrogens with zero attached hydrogens (tertiary/aromatic N) is 2. The maximum atomic E-state index is 15.2. The lowest BCUT2D eigenvalue weighted by atomic mass is 9.90. The second kappa shape index (κ2) is 13.2. The molecule has 0 aliphatic rings. The standard InChI is InChI=1S/C31H32F2N4O5/c1-16(2)9-25(36-29(40)21-7-6-8-37(5)31(21)42)30(41)35-24(14-26(38)39)22-12-20(13-23(32)28(22)33)27-17(3)10-19(15-34)11-18(27)4/h6-8,10-13,16,24-25H,9,14H2,1-5H3,(H,35,41)(H,36,40)(H,38,39)/t24-,25-/m0/s1. The number of nitrogens with one attached hydrogen (secondary N) is 2. The van der Waals surface area contributed by atoms with E-state index in [9.17, 15) is 33.9 Å². The van der Waals surface area contributed by atoms with Crippen LogP contribution in [0.5, 0.6) is 0 Å². The van der Waals surface area contributed by atoms with E-state index in [1.165, 1.54) is 36.0 Å². The summed E-state index contributed by atoms with van der Waals surface area (Å²) in [6, 6.07) is 7.58. The van der Waals surface area contributed by atoms with Crippen LogP contribution in [0.2, 0.25) is 0 Å². The predicted octanol–water partition coefficient (Wildman–Crippen LogP) is 4.30. The Labute approximate surface area is 241 Å². The van der Waals surface area contributed by atoms with E-state index in [-0.39, 0.29) is 23.5 Å². The van der Waals surface area contributed by atoms with Gasteiger partial charge in [0.1, 0.15) is 11.6 Å². The van der Waals surface area contributed by atoms with Crippen LogP contribution >= 0.6 is 0 Å². The fourth-order valence-corrected chi connectivity index (χ4v) is 4.89. The number of hydrogen-bond donors (Lipinski definition) is 3. The van der Waals surface area contributed by atoms with Crippen molar-refractivity contribution >= 4 is 17.8 Å². The van der Waals surface area contributed by atoms with Gasteiger partial charge in [-0.15, -0.1) is 0 Å². The fourth-order valence-electron chi connectivity index (χ4n) is 4.89. The van der Waals surface area contributed by atoms with Gasteiger partial charge in [-0.25, -0.2) is 8.78 Å². The Hall–Kier alpha value is -4.85. The molecule has 1 aromatic heterocycles. The molecule has 2 amide bonds. The number of amides is 2. The van der Waals surface area contributed by atoms with Crippen molar-refractivity contribution in [1.29, 1.82) is 5.26 Å². The number of aliphatic carboxylic acids is 1. The first-order valence-corrected chi connectivity index (χ1v) is 13.2. The average Bonchev–Trinajstić information content (AvgIpc) is 2.90. The molecule has 2 atom stereocenters. The van der Waals surface area contributed by atoms with Gasteiger partial charge in [-0.05, 0) is 84.8 Å². The molecule has 0 bridgehead atoms. The molecule has 0 aliphatic carbocycles. The molecule has 3 rings (SSSR count). The monoisotopic (exact) mass is 578 g/mol. The molecule has 0 spiro atoms. The minimum absolute atomic E-state index is 0.113. The number of hydrogen-bond acceptors (Lipinski definition) is 5. The number of carbonyl (C=O) groups excluding carboxylic acids is 2. The first kappa shape index (κ1) is 31.7. The van der Waals surface area contributed by atoms with Crippen LogP contribution < -0.4 is 16.2 Å². The lowest BCUT2D eigenvalue weighted by molar-refractivity contribution is -0.137. The lowest BCUT2D eigenvalue weighted by Crippen LogP contribution is -2.49. The van der Waals surface area contributed by atoms with Crippen LogP contribution in [-0.2, 0) is 16.6 Å². The van der Waals surface area contributed by atoms with Gasteiger partial charge in [0.25, 0.3) is 11.5 Å². The van der Waals surface area contributed by atoms with Gasteiger partial charge in [0.15, 0.2) is 11.6 Å². The zero-order chi connectivity index (χ0) is 31.3. The molecule has 1 heterocycles. The lowest BCUT2D eigenvalue weighted by Gasteiger charge is -2.25. The average molecular weight is 579 g/mol. The van der Waals surface area contributed by atoms with Gasteiger partial charge in [-0.3, -0.25) is 19.2 Å². The van der Waals surface area contributed by atoms with Crippen LogP contribution in [0, 0.1) is 42.7 Å². The number of aryl methyl sites for hydroxylation is 3. The molecule has 0 radical (unpaired) electrons. The van der Waals surface area contributed by atoms with Crippen molar-refractivity contribution < 1.29 is 28.3 Å². The molecule has 220 valence electrons. The van der Waals surface area contributed by atoms with E-state index < -0.39 is 59.0 Å². The van der Waals surface area contributed by atoms with Crippen LogP contribution in [0.25, 0.3) is 11.1 Å². The molecule has 11 heteroatoms. The Kier molecular flexibility index (Phi) is 9.96. The highest BCUT2D eigenvalue weighted by atomic mass is 19.2. The van der Waals surface area contributed by atoms with E-state index in [1.54, 1.807) is 39.8 Å². The number of carbonyl (C=O) groups is 3. The molecule has 0 aliphatic heterocycles. The van der Waals surface area contributed by atoms with Crippen molar-refractivity contribution in [3.8, 4) is 17.2 Å². The first-order valence-electron chi connectivity index (χ1n) is 13.2. The molecule has 42 heavy (non-hydrogen) atoms. The second-order valence-corrected chi connectivity index (χ2v) is 10.6. The number of halogens is 2. The Morgan fingerprint density at radius 2 is 1.71 bits per heavy atom. The van der Waals surface area contributed by atoms with Gasteiger partial charge in [-0.2, -0.15) is 5.26 Å². The maximum Gasteiger partial charge on any atom is 0.305 e. The number of rotatable bonds is 10. The number of nitriles is 1. The number of benzene rings is 2. The molecule has 3 N–H and O–H groups in total. The van der Waals surface area contributed by atoms with E-state index in [2.05, 4.69) is 10.6 Å². The molecule has 3 aromatic rings. The number of carboxylic acids is 1. The molecule has 0 saturated carbocycles. The van der Waals surface area contributed by atoms with Crippen molar-refractivity contribution in [1.82, 2.24) is 15.2 Å². The van der Waals surface area contributed by atoms with Crippen molar-refractivity contribution in [2.75, 3.05) is 0 Å². The zero-order valence-corrected chi connectivity index (χ0v) is 23.9. The Morgan fingerprint density at radius 3 is 2.29 bits per heavy atom. The first-order chi connectivity index (χ1) is 19.7. The van der Waals surface area contributed by atoms with Crippen molar-refractivity contribution in [2.24, 2.45) is 13.0 Å². The number of pyridine rings is 1. The van der Waals surface area contributed by atoms with Gasteiger partial charge in [-0.1, -0.05) is 13.8 Å². The smallest absolute Gasteiger partial charge is 0.305 e. The number of aromatic nitrogens is 1. The van der Waals surface area contributed by atoms with Crippen LogP contribution in [0.4, 0.5) is 8.78 Å². The van der Waals surface area contributed by atoms with Gasteiger partial charge < -0.3 is 20.3 Å². The highest BCUT2D eigenvalue weighted by Gasteiger charge is 2.30. The summed E-state index contributed by atoms with van der Waals surface area (Å²) in [6.07, 6.45) is 0.806. The Balaban J connectivity index is 2.02. The largest absolute Gasteiger partial charge is 0.481 e. The fraction of sp³-hybridized carbons (Fsp3) is 0.323. The molecular formula is C31H32F2N4O5. The van der Waals surface area contributed by atoms with Crippen LogP contribution in [0.15, 0.2) is 47.4 Å². The third kappa shape index (κ3) is 7.26. The molecule has 9 nitrogen and oxygen atoms in total. The zero-order valence-electron chi connectivity index (χ0n) is 23.9. The predicted molar refractivity (Wildman–Crippen MR) is 152 cm³/mol. The van der Waals surface area contributed by atoms with E-state index in [4.69, 9.17) is 0 Å². The molecular weight excluding hydrogens is 546 g/mol. The van der Waals surface area contributed by atoms with Crippen molar-refractivity contribution in [3.05, 3.63) is 92.4 Å². The Morgan fingerprint density at radius 1 is 1.07 bits per heavy atom. The topological polar surface area (TPSA) is 141 Å². The summed E-state index contributed by atoms with van der Waals surface area (Å²) in [4.78, 5) is 50.6. The summed E-state index contributed by atoms with van der Waals surface area (Å²) < 4.78 is 31.4. The van der Waals surface area contributed by atoms with Gasteiger partial charge in [0.05, 0.1) is 24.1 Å². The molecule has 0 unspecified atom stereocenters. The minimum Gasteiger partial charge on any atom is -0.481 e. The normalized spacial score (nSPS) is 12.4. The summed E-state index contributed by atoms with van der Waals surface area (Å²) in [6.45, 7) is 7.01. The highest BCUT2D eigenvalue weighted by Crippen LogP contribution is 2.33. The molecule has 0 saturated heterocycles. The highest BCUT2D eigenvalue weighted by molar-refractivity contribution is 5.97. The second-order valence-electron chi connectivity index (χ2n) is 10.6. The van der Waals surface area contributed by atoms with Gasteiger partial charge in [0.2, 0.25) is 5.91 Å². The quantitative estimate of drug-likeness (QED) is 0.328. The van der Waals surface area contributed by atoms with Crippen LogP contribution in [0.1, 0.15) is 65.3 Å². The molecule has 0 fully saturated rings. The summed E-state index contributed by atoms with van der Waals surface area (Å²) >= 11 is 0. The van der Waals surface area contributed by atoms with Crippen molar-refractivity contribution in [2.45, 2.75) is 52.6 Å². The summed E-state index contributed by atoms with van der Waals surface area (Å²) in [7, 11) is 1.47. The summed E-state index contributed by atoms with van der Waals surface area (Å²) in [5, 5.41) is 23.8. The van der Waals surface area contributed by atoms with Gasteiger partial charge >= 0.3 is 5.97 Å².